The molecule has 11 nitrogen and oxygen atoms in total. The molecule has 2 aliphatic heterocycles. The van der Waals surface area contributed by atoms with Crippen LogP contribution in [0.5, 0.6) is 0 Å². The minimum absolute atomic E-state index is 0.0205. The summed E-state index contributed by atoms with van der Waals surface area (Å²) in [6, 6.07) is 5.56. The van der Waals surface area contributed by atoms with Crippen LogP contribution in [0.25, 0.3) is 0 Å². The zero-order valence-electron chi connectivity index (χ0n) is 19.6. The lowest BCUT2D eigenvalue weighted by Crippen LogP contribution is -2.57. The molecule has 3 rings (SSSR count). The summed E-state index contributed by atoms with van der Waals surface area (Å²) < 4.78 is 0. The fourth-order valence-corrected chi connectivity index (χ4v) is 4.55. The van der Waals surface area contributed by atoms with Crippen molar-refractivity contribution in [3.05, 3.63) is 35.9 Å². The lowest BCUT2D eigenvalue weighted by Gasteiger charge is -2.29. The van der Waals surface area contributed by atoms with Crippen LogP contribution in [0.3, 0.4) is 0 Å². The van der Waals surface area contributed by atoms with Gasteiger partial charge in [-0.25, -0.2) is 4.79 Å². The number of carboxylic acid groups (broad SMARTS) is 1. The maximum atomic E-state index is 13.4. The summed E-state index contributed by atoms with van der Waals surface area (Å²) in [4.78, 5) is 63.6. The minimum atomic E-state index is -1.09. The third-order valence-corrected chi connectivity index (χ3v) is 6.41. The summed E-state index contributed by atoms with van der Waals surface area (Å²) in [5.41, 5.74) is 6.04. The van der Waals surface area contributed by atoms with Crippen molar-refractivity contribution < 1.29 is 29.1 Å². The number of nitrogens with two attached hydrogens (primary N) is 1. The van der Waals surface area contributed by atoms with Crippen molar-refractivity contribution in [1.29, 1.82) is 0 Å². The van der Waals surface area contributed by atoms with Gasteiger partial charge >= 0.3 is 5.97 Å². The topological polar surface area (TPSA) is 171 Å². The molecule has 6 N–H and O–H groups in total. The van der Waals surface area contributed by atoms with E-state index in [1.165, 1.54) is 4.90 Å². The molecular weight excluding hydrogens is 454 g/mol. The first kappa shape index (κ1) is 26.1. The Morgan fingerprint density at radius 2 is 1.80 bits per heavy atom. The van der Waals surface area contributed by atoms with Gasteiger partial charge in [0.1, 0.15) is 18.1 Å². The number of carboxylic acids is 1. The Morgan fingerprint density at radius 1 is 1.06 bits per heavy atom. The standard InChI is InChI=1S/C24H33N5O6/c25-20(30)11-10-17(27-21(31)16-8-4-12-26-16)22(32)28-18(14-15-6-2-1-3-7-15)23(33)29-13-5-9-19(29)24(34)35/h1-3,6-7,16-19,26H,4-5,8-14H2,(H2,25,30)(H,27,31)(H,28,32)(H,34,35). The molecule has 2 fully saturated rings. The molecule has 1 aromatic carbocycles. The van der Waals surface area contributed by atoms with Gasteiger partial charge in [0.05, 0.1) is 6.04 Å². The Hall–Kier alpha value is -3.47. The average molecular weight is 488 g/mol. The number of amides is 4. The summed E-state index contributed by atoms with van der Waals surface area (Å²) >= 11 is 0. The van der Waals surface area contributed by atoms with E-state index in [9.17, 15) is 29.1 Å². The van der Waals surface area contributed by atoms with E-state index in [1.54, 1.807) is 12.1 Å². The van der Waals surface area contributed by atoms with E-state index in [4.69, 9.17) is 5.73 Å². The van der Waals surface area contributed by atoms with Crippen molar-refractivity contribution in [3.63, 3.8) is 0 Å². The molecule has 2 heterocycles. The van der Waals surface area contributed by atoms with Crippen molar-refractivity contribution in [2.75, 3.05) is 13.1 Å². The number of nitrogens with one attached hydrogen (secondary N) is 3. The average Bonchev–Trinajstić information content (AvgIpc) is 3.54. The van der Waals surface area contributed by atoms with E-state index in [-0.39, 0.29) is 31.7 Å². The van der Waals surface area contributed by atoms with E-state index < -0.39 is 47.9 Å². The Kier molecular flexibility index (Phi) is 9.18. The van der Waals surface area contributed by atoms with Crippen LogP contribution in [0.4, 0.5) is 0 Å². The van der Waals surface area contributed by atoms with Gasteiger partial charge in [-0.1, -0.05) is 30.3 Å². The number of nitrogens with zero attached hydrogens (tertiary/aromatic N) is 1. The van der Waals surface area contributed by atoms with Crippen LogP contribution < -0.4 is 21.7 Å². The van der Waals surface area contributed by atoms with Gasteiger partial charge < -0.3 is 31.7 Å². The zero-order chi connectivity index (χ0) is 25.4. The summed E-state index contributed by atoms with van der Waals surface area (Å²) in [6.45, 7) is 0.983. The minimum Gasteiger partial charge on any atom is -0.480 e. The molecule has 0 spiro atoms. The molecule has 11 heteroatoms. The second-order valence-electron chi connectivity index (χ2n) is 8.99. The summed E-state index contributed by atoms with van der Waals surface area (Å²) in [7, 11) is 0. The van der Waals surface area contributed by atoms with Crippen LogP contribution in [0.15, 0.2) is 30.3 Å². The molecule has 4 amide bonds. The van der Waals surface area contributed by atoms with Crippen LogP contribution in [0.1, 0.15) is 44.1 Å². The summed E-state index contributed by atoms with van der Waals surface area (Å²) in [5.74, 6) is -3.18. The van der Waals surface area contributed by atoms with Gasteiger partial charge in [0.25, 0.3) is 0 Å². The van der Waals surface area contributed by atoms with Crippen molar-refractivity contribution in [2.24, 2.45) is 5.73 Å². The quantitative estimate of drug-likeness (QED) is 0.274. The second kappa shape index (κ2) is 12.3. The highest BCUT2D eigenvalue weighted by Gasteiger charge is 2.38. The predicted octanol–water partition coefficient (Wildman–Crippen LogP) is -0.708. The van der Waals surface area contributed by atoms with E-state index in [0.717, 1.165) is 12.0 Å². The Labute approximate surface area is 203 Å². The molecule has 2 aliphatic rings. The Balaban J connectivity index is 1.78. The number of hydrogen-bond donors (Lipinski definition) is 5. The molecule has 0 saturated carbocycles. The van der Waals surface area contributed by atoms with Crippen molar-refractivity contribution in [1.82, 2.24) is 20.9 Å². The van der Waals surface area contributed by atoms with Crippen LogP contribution in [-0.4, -0.2) is 76.9 Å². The third-order valence-electron chi connectivity index (χ3n) is 6.41. The lowest BCUT2D eigenvalue weighted by atomic mass is 10.0. The zero-order valence-corrected chi connectivity index (χ0v) is 19.6. The van der Waals surface area contributed by atoms with Gasteiger partial charge in [0.2, 0.25) is 23.6 Å². The SMILES string of the molecule is NC(=O)CCC(NC(=O)C1CCCN1)C(=O)NC(Cc1ccccc1)C(=O)N1CCCC1C(=O)O. The molecule has 0 aliphatic carbocycles. The number of likely N-dealkylation sites (tertiary alicyclic amines) is 1. The molecule has 0 aromatic heterocycles. The first-order valence-electron chi connectivity index (χ1n) is 12.0. The number of rotatable bonds is 11. The van der Waals surface area contributed by atoms with E-state index >= 15 is 0 Å². The van der Waals surface area contributed by atoms with Crippen LogP contribution in [0.2, 0.25) is 0 Å². The van der Waals surface area contributed by atoms with Gasteiger partial charge in [0, 0.05) is 19.4 Å². The molecule has 0 bridgehead atoms. The van der Waals surface area contributed by atoms with Crippen molar-refractivity contribution >= 4 is 29.6 Å². The summed E-state index contributed by atoms with van der Waals surface area (Å²) in [6.07, 6.45) is 2.38. The number of carbonyl (C=O) groups excluding carboxylic acids is 4. The molecule has 35 heavy (non-hydrogen) atoms. The third kappa shape index (κ3) is 7.25. The van der Waals surface area contributed by atoms with Gasteiger partial charge in [0.15, 0.2) is 0 Å². The number of aliphatic carboxylic acids is 1. The highest BCUT2D eigenvalue weighted by Crippen LogP contribution is 2.20. The van der Waals surface area contributed by atoms with Crippen molar-refractivity contribution in [3.8, 4) is 0 Å². The van der Waals surface area contributed by atoms with E-state index in [0.29, 0.717) is 25.8 Å². The second-order valence-corrected chi connectivity index (χ2v) is 8.99. The molecule has 4 atom stereocenters. The molecule has 4 unspecified atom stereocenters. The molecule has 2 saturated heterocycles. The normalized spacial score (nSPS) is 21.2. The van der Waals surface area contributed by atoms with E-state index in [2.05, 4.69) is 16.0 Å². The first-order valence-corrected chi connectivity index (χ1v) is 12.0. The van der Waals surface area contributed by atoms with Crippen molar-refractivity contribution in [2.45, 2.75) is 69.1 Å². The number of carbonyl (C=O) groups is 5. The molecule has 1 aromatic rings. The van der Waals surface area contributed by atoms with E-state index in [1.807, 2.05) is 18.2 Å². The van der Waals surface area contributed by atoms with Gasteiger partial charge in [-0.15, -0.1) is 0 Å². The number of benzene rings is 1. The highest BCUT2D eigenvalue weighted by molar-refractivity contribution is 5.94. The molecule has 0 radical (unpaired) electrons. The number of hydrogen-bond acceptors (Lipinski definition) is 6. The fourth-order valence-electron chi connectivity index (χ4n) is 4.55. The van der Waals surface area contributed by atoms with Crippen LogP contribution in [-0.2, 0) is 30.4 Å². The molecule has 190 valence electrons. The Bertz CT molecular complexity index is 934. The first-order chi connectivity index (χ1) is 16.8. The molecular formula is C24H33N5O6. The maximum Gasteiger partial charge on any atom is 0.326 e. The summed E-state index contributed by atoms with van der Waals surface area (Å²) in [5, 5.41) is 18.0. The van der Waals surface area contributed by atoms with Gasteiger partial charge in [-0.3, -0.25) is 19.2 Å². The number of primary amides is 1. The van der Waals surface area contributed by atoms with Gasteiger partial charge in [-0.2, -0.15) is 0 Å². The lowest BCUT2D eigenvalue weighted by molar-refractivity contribution is -0.149. The van der Waals surface area contributed by atoms with Gasteiger partial charge in [-0.05, 0) is 44.2 Å². The fraction of sp³-hybridized carbons (Fsp3) is 0.542. The van der Waals surface area contributed by atoms with Crippen LogP contribution >= 0.6 is 0 Å². The maximum absolute atomic E-state index is 13.4. The predicted molar refractivity (Wildman–Crippen MR) is 126 cm³/mol. The largest absolute Gasteiger partial charge is 0.480 e. The Morgan fingerprint density at radius 3 is 2.43 bits per heavy atom. The monoisotopic (exact) mass is 487 g/mol. The smallest absolute Gasteiger partial charge is 0.326 e. The highest BCUT2D eigenvalue weighted by atomic mass is 16.4. The van der Waals surface area contributed by atoms with Crippen LogP contribution in [0, 0.1) is 0 Å².